The van der Waals surface area contributed by atoms with E-state index in [1.54, 1.807) is 18.2 Å². The van der Waals surface area contributed by atoms with E-state index in [1.807, 2.05) is 4.90 Å². The maximum absolute atomic E-state index is 14.4. The fraction of sp³-hybridized carbons (Fsp3) is 0.714. The Hall–Kier alpha value is -1.89. The van der Waals surface area contributed by atoms with Gasteiger partial charge in [0.25, 0.3) is 0 Å². The van der Waals surface area contributed by atoms with Gasteiger partial charge in [-0.2, -0.15) is 0 Å². The number of hydrogen-bond donors (Lipinski definition) is 4. The highest BCUT2D eigenvalue weighted by Gasteiger charge is 2.53. The molecule has 0 spiro atoms. The first-order valence-corrected chi connectivity index (χ1v) is 18.0. The lowest BCUT2D eigenvalue weighted by atomic mass is 9.49. The number of nitrogens with one attached hydrogen (secondary N) is 1. The van der Waals surface area contributed by atoms with Crippen molar-refractivity contribution in [2.24, 2.45) is 29.1 Å². The van der Waals surface area contributed by atoms with Gasteiger partial charge in [-0.3, -0.25) is 9.59 Å². The molecule has 248 valence electrons. The average molecular weight is 737 g/mol. The summed E-state index contributed by atoms with van der Waals surface area (Å²) >= 11 is 2.12. The molecule has 9 nitrogen and oxygen atoms in total. The minimum atomic E-state index is -1.07. The Labute approximate surface area is 280 Å². The summed E-state index contributed by atoms with van der Waals surface area (Å²) in [5, 5.41) is 34.0. The van der Waals surface area contributed by atoms with Gasteiger partial charge in [-0.15, -0.1) is 0 Å². The molecule has 4 N–H and O–H groups in total. The van der Waals surface area contributed by atoms with Crippen molar-refractivity contribution in [1.82, 2.24) is 10.2 Å². The Morgan fingerprint density at radius 3 is 2.33 bits per heavy atom. The van der Waals surface area contributed by atoms with Gasteiger partial charge in [-0.1, -0.05) is 12.8 Å². The number of amides is 2. The highest BCUT2D eigenvalue weighted by Crippen LogP contribution is 2.60. The molecule has 45 heavy (non-hydrogen) atoms. The highest BCUT2D eigenvalue weighted by atomic mass is 127. The Kier molecular flexibility index (Phi) is 10.3. The third-order valence-electron chi connectivity index (χ3n) is 11.3. The van der Waals surface area contributed by atoms with Gasteiger partial charge in [0.1, 0.15) is 12.2 Å². The largest absolute Gasteiger partial charge is 0.493 e. The second kappa shape index (κ2) is 14.1. The minimum Gasteiger partial charge on any atom is -0.493 e. The van der Waals surface area contributed by atoms with E-state index in [4.69, 9.17) is 9.47 Å². The van der Waals surface area contributed by atoms with Crippen LogP contribution in [0.4, 0.5) is 0 Å². The van der Waals surface area contributed by atoms with Crippen LogP contribution in [0.3, 0.4) is 0 Å². The molecule has 0 saturated heterocycles. The number of ether oxygens (including phenoxy) is 2. The second-order valence-corrected chi connectivity index (χ2v) is 15.7. The van der Waals surface area contributed by atoms with E-state index in [0.29, 0.717) is 45.1 Å². The number of halogens is 1. The summed E-state index contributed by atoms with van der Waals surface area (Å²) in [5.41, 5.74) is 1.17. The quantitative estimate of drug-likeness (QED) is 0.236. The molecule has 0 radical (unpaired) electrons. The van der Waals surface area contributed by atoms with Crippen molar-refractivity contribution in [1.29, 1.82) is 0 Å². The lowest BCUT2D eigenvalue weighted by Crippen LogP contribution is -2.59. The van der Waals surface area contributed by atoms with E-state index in [9.17, 15) is 24.9 Å². The van der Waals surface area contributed by atoms with Crippen molar-refractivity contribution < 1.29 is 34.4 Å². The van der Waals surface area contributed by atoms with Crippen LogP contribution in [-0.2, 0) is 16.2 Å². The first-order chi connectivity index (χ1) is 21.7. The Bertz CT molecular complexity index is 1240. The summed E-state index contributed by atoms with van der Waals surface area (Å²) in [6.45, 7) is 0.392. The first kappa shape index (κ1) is 33.0. The van der Waals surface area contributed by atoms with E-state index in [0.717, 1.165) is 62.7 Å². The van der Waals surface area contributed by atoms with Crippen LogP contribution in [0.15, 0.2) is 23.8 Å². The predicted molar refractivity (Wildman–Crippen MR) is 178 cm³/mol. The first-order valence-electron chi connectivity index (χ1n) is 16.9. The lowest BCUT2D eigenvalue weighted by molar-refractivity contribution is -0.148. The molecular formula is C35H49IN2O7. The van der Waals surface area contributed by atoms with Crippen LogP contribution >= 0.6 is 22.6 Å². The van der Waals surface area contributed by atoms with E-state index in [1.165, 1.54) is 26.4 Å². The monoisotopic (exact) mass is 736 g/mol. The van der Waals surface area contributed by atoms with Crippen LogP contribution in [0.2, 0.25) is 0 Å². The van der Waals surface area contributed by atoms with Crippen molar-refractivity contribution >= 4 is 34.4 Å². The normalized spacial score (nSPS) is 32.3. The highest BCUT2D eigenvalue weighted by molar-refractivity contribution is 14.1. The smallest absolute Gasteiger partial charge is 0.247 e. The summed E-state index contributed by atoms with van der Waals surface area (Å²) in [5.74, 6) is 3.13. The lowest BCUT2D eigenvalue weighted by Gasteiger charge is -2.58. The Morgan fingerprint density at radius 1 is 1.07 bits per heavy atom. The molecular weight excluding hydrogens is 687 g/mol. The molecule has 6 aliphatic rings. The van der Waals surface area contributed by atoms with Gasteiger partial charge in [0.05, 0.1) is 29.9 Å². The zero-order valence-corrected chi connectivity index (χ0v) is 28.5. The predicted octanol–water partition coefficient (Wildman–Crippen LogP) is 4.33. The van der Waals surface area contributed by atoms with Crippen molar-refractivity contribution in [2.45, 2.75) is 102 Å². The number of rotatable bonds is 12. The van der Waals surface area contributed by atoms with Crippen LogP contribution in [0, 0.1) is 32.7 Å². The fourth-order valence-electron chi connectivity index (χ4n) is 9.71. The number of carbonyl (C=O) groups excluding carboxylic acids is 2. The Balaban J connectivity index is 1.34. The zero-order valence-electron chi connectivity index (χ0n) is 26.4. The van der Waals surface area contributed by atoms with Gasteiger partial charge in [0.15, 0.2) is 11.5 Å². The van der Waals surface area contributed by atoms with Gasteiger partial charge < -0.3 is 35.0 Å². The summed E-state index contributed by atoms with van der Waals surface area (Å²) in [6.07, 6.45) is 12.2. The molecule has 3 atom stereocenters. The number of aliphatic hydroxyl groups excluding tert-OH is 3. The summed E-state index contributed by atoms with van der Waals surface area (Å²) in [7, 11) is 1.53. The molecule has 0 aromatic heterocycles. The summed E-state index contributed by atoms with van der Waals surface area (Å²) in [6, 6.07) is 2.87. The van der Waals surface area contributed by atoms with Crippen LogP contribution in [0.1, 0.15) is 82.6 Å². The maximum Gasteiger partial charge on any atom is 0.247 e. The molecule has 10 heteroatoms. The van der Waals surface area contributed by atoms with Gasteiger partial charge in [-0.25, -0.2) is 0 Å². The van der Waals surface area contributed by atoms with Crippen molar-refractivity contribution in [3.05, 3.63) is 32.9 Å². The van der Waals surface area contributed by atoms with Crippen molar-refractivity contribution in [2.75, 3.05) is 26.8 Å². The molecule has 5 fully saturated rings. The molecule has 7 rings (SSSR count). The van der Waals surface area contributed by atoms with Crippen LogP contribution in [-0.4, -0.2) is 77.1 Å². The zero-order chi connectivity index (χ0) is 31.7. The standard InChI is InChI=1S/C35H49IN2O7/c1-44-30-12-25(19-40)11-27(36)33(30)45-29-15-26(34(43)37-6-7-39)14-28(32(29)42)38(31(41)13-21-4-2-3-5-21)20-35-16-22-8-23(17-35)10-24(9-22)18-35/h11-12,15,21-24,28-29,32,39-40,42H,2-10,13-14,16-20H2,1H3,(H,37,43). The Morgan fingerprint density at radius 2 is 1.73 bits per heavy atom. The molecule has 6 aliphatic carbocycles. The van der Waals surface area contributed by atoms with E-state index < -0.39 is 18.2 Å². The molecule has 0 heterocycles. The number of aliphatic hydroxyl groups is 3. The van der Waals surface area contributed by atoms with Gasteiger partial charge in [0.2, 0.25) is 11.8 Å². The second-order valence-electron chi connectivity index (χ2n) is 14.6. The number of benzene rings is 1. The van der Waals surface area contributed by atoms with E-state index in [2.05, 4.69) is 27.9 Å². The maximum atomic E-state index is 14.4. The van der Waals surface area contributed by atoms with Crippen molar-refractivity contribution in [3.63, 3.8) is 0 Å². The van der Waals surface area contributed by atoms with Gasteiger partial charge in [-0.05, 0) is 127 Å². The van der Waals surface area contributed by atoms with E-state index >= 15 is 0 Å². The molecule has 5 saturated carbocycles. The third kappa shape index (κ3) is 7.18. The third-order valence-corrected chi connectivity index (χ3v) is 12.1. The molecule has 4 bridgehead atoms. The fourth-order valence-corrected chi connectivity index (χ4v) is 10.5. The molecule has 1 aromatic rings. The molecule has 0 aliphatic heterocycles. The topological polar surface area (TPSA) is 129 Å². The van der Waals surface area contributed by atoms with Crippen LogP contribution < -0.4 is 14.8 Å². The molecule has 3 unspecified atom stereocenters. The van der Waals surface area contributed by atoms with Crippen molar-refractivity contribution in [3.8, 4) is 11.5 Å². The number of nitrogens with zero attached hydrogens (tertiary/aromatic N) is 1. The molecule has 2 amide bonds. The van der Waals surface area contributed by atoms with Gasteiger partial charge in [0, 0.05) is 31.5 Å². The number of carbonyl (C=O) groups is 2. The van der Waals surface area contributed by atoms with E-state index in [-0.39, 0.29) is 43.4 Å². The number of hydrogen-bond acceptors (Lipinski definition) is 7. The molecule has 1 aromatic carbocycles. The minimum absolute atomic E-state index is 0.0648. The summed E-state index contributed by atoms with van der Waals surface area (Å²) in [4.78, 5) is 29.7. The van der Waals surface area contributed by atoms with Crippen LogP contribution in [0.25, 0.3) is 0 Å². The van der Waals surface area contributed by atoms with Gasteiger partial charge >= 0.3 is 0 Å². The van der Waals surface area contributed by atoms with Crippen LogP contribution in [0.5, 0.6) is 11.5 Å². The number of methoxy groups -OCH3 is 1. The summed E-state index contributed by atoms with van der Waals surface area (Å²) < 4.78 is 12.8. The average Bonchev–Trinajstić information content (AvgIpc) is 3.52. The SMILES string of the molecule is COc1cc(CO)cc(I)c1OC1C=C(C(=O)NCCO)CC(N(CC23CC4CC(CC(C4)C2)C3)C(=O)CC2CCCC2)C1O.